The molecular formula is C18H26N2O6S. The van der Waals surface area contributed by atoms with Crippen LogP contribution in [0.1, 0.15) is 31.7 Å². The van der Waals surface area contributed by atoms with E-state index in [1.54, 1.807) is 12.1 Å². The maximum absolute atomic E-state index is 12.6. The highest BCUT2D eigenvalue weighted by molar-refractivity contribution is 7.89. The van der Waals surface area contributed by atoms with Crippen molar-refractivity contribution in [3.8, 4) is 0 Å². The van der Waals surface area contributed by atoms with Gasteiger partial charge in [0.2, 0.25) is 10.0 Å². The minimum absolute atomic E-state index is 0.0375. The number of nitrogens with zero attached hydrogens (tertiary/aromatic N) is 1. The van der Waals surface area contributed by atoms with Crippen molar-refractivity contribution >= 4 is 22.1 Å². The fourth-order valence-corrected chi connectivity index (χ4v) is 4.11. The summed E-state index contributed by atoms with van der Waals surface area (Å²) in [5, 5.41) is 0. The van der Waals surface area contributed by atoms with Gasteiger partial charge in [-0.2, -0.15) is 0 Å². The Morgan fingerprint density at radius 3 is 2.52 bits per heavy atom. The van der Waals surface area contributed by atoms with Crippen LogP contribution in [0.3, 0.4) is 0 Å². The fourth-order valence-electron chi connectivity index (χ4n) is 2.87. The lowest BCUT2D eigenvalue weighted by atomic mass is 10.2. The molecular weight excluding hydrogens is 372 g/mol. The smallest absolute Gasteiger partial charge is 0.410 e. The standard InChI is InChI=1S/C18H26N2O6S/c1-4-5-10-26-18(22)20-12-14(11-16(20)17(21)25-3)19-27(23,24)15-8-6-13(2)7-9-15/h6-9,14,16,19H,4-5,10-12H2,1-3H3/t14-,16+/m1/s1. The number of carbonyl (C=O) groups is 2. The average molecular weight is 398 g/mol. The van der Waals surface area contributed by atoms with Crippen molar-refractivity contribution in [3.63, 3.8) is 0 Å². The Bertz CT molecular complexity index is 763. The first-order valence-electron chi connectivity index (χ1n) is 8.88. The second-order valence-corrected chi connectivity index (χ2v) is 8.24. The summed E-state index contributed by atoms with van der Waals surface area (Å²) in [6.45, 7) is 4.12. The van der Waals surface area contributed by atoms with Crippen molar-refractivity contribution in [1.29, 1.82) is 0 Å². The van der Waals surface area contributed by atoms with Gasteiger partial charge in [-0.25, -0.2) is 22.7 Å². The molecule has 0 unspecified atom stereocenters. The summed E-state index contributed by atoms with van der Waals surface area (Å²) in [6.07, 6.45) is 1.06. The maximum atomic E-state index is 12.6. The van der Waals surface area contributed by atoms with Gasteiger partial charge in [-0.15, -0.1) is 0 Å². The van der Waals surface area contributed by atoms with Crippen molar-refractivity contribution in [2.75, 3.05) is 20.3 Å². The highest BCUT2D eigenvalue weighted by Gasteiger charge is 2.42. The molecule has 1 heterocycles. The van der Waals surface area contributed by atoms with Gasteiger partial charge < -0.3 is 9.47 Å². The number of aryl methyl sites for hydroxylation is 1. The van der Waals surface area contributed by atoms with E-state index in [9.17, 15) is 18.0 Å². The lowest BCUT2D eigenvalue weighted by molar-refractivity contribution is -0.145. The maximum Gasteiger partial charge on any atom is 0.410 e. The largest absolute Gasteiger partial charge is 0.467 e. The van der Waals surface area contributed by atoms with Crippen LogP contribution in [0.25, 0.3) is 0 Å². The predicted octanol–water partition coefficient (Wildman–Crippen LogP) is 1.83. The van der Waals surface area contributed by atoms with Crippen LogP contribution < -0.4 is 4.72 Å². The summed E-state index contributed by atoms with van der Waals surface area (Å²) in [5.74, 6) is -0.598. The lowest BCUT2D eigenvalue weighted by Crippen LogP contribution is -2.42. The molecule has 0 saturated carbocycles. The summed E-state index contributed by atoms with van der Waals surface area (Å²) in [7, 11) is -2.54. The molecule has 8 nitrogen and oxygen atoms in total. The van der Waals surface area contributed by atoms with Gasteiger partial charge in [0.25, 0.3) is 0 Å². The number of unbranched alkanes of at least 4 members (excludes halogenated alkanes) is 1. The molecule has 1 aliphatic rings. The molecule has 9 heteroatoms. The number of sulfonamides is 1. The van der Waals surface area contributed by atoms with Crippen LogP contribution in [-0.2, 0) is 24.3 Å². The third-order valence-corrected chi connectivity index (χ3v) is 5.92. The number of hydrogen-bond acceptors (Lipinski definition) is 6. The molecule has 0 spiro atoms. The van der Waals surface area contributed by atoms with Gasteiger partial charge in [0.15, 0.2) is 0 Å². The molecule has 150 valence electrons. The number of nitrogens with one attached hydrogen (secondary N) is 1. The topological polar surface area (TPSA) is 102 Å². The highest BCUT2D eigenvalue weighted by Crippen LogP contribution is 2.22. The number of esters is 1. The van der Waals surface area contributed by atoms with E-state index < -0.39 is 34.2 Å². The second-order valence-electron chi connectivity index (χ2n) is 6.53. The molecule has 1 aromatic rings. The Morgan fingerprint density at radius 2 is 1.93 bits per heavy atom. The fraction of sp³-hybridized carbons (Fsp3) is 0.556. The molecule has 0 bridgehead atoms. The van der Waals surface area contributed by atoms with Crippen LogP contribution in [0, 0.1) is 6.92 Å². The minimum atomic E-state index is -3.77. The summed E-state index contributed by atoms with van der Waals surface area (Å²) in [4.78, 5) is 25.7. The molecule has 1 saturated heterocycles. The third kappa shape index (κ3) is 5.43. The molecule has 2 atom stereocenters. The first-order chi connectivity index (χ1) is 12.8. The van der Waals surface area contributed by atoms with Gasteiger partial charge in [0.05, 0.1) is 18.6 Å². The van der Waals surface area contributed by atoms with Crippen LogP contribution in [-0.4, -0.2) is 57.7 Å². The lowest BCUT2D eigenvalue weighted by Gasteiger charge is -2.21. The van der Waals surface area contributed by atoms with Crippen LogP contribution in [0.15, 0.2) is 29.2 Å². The number of carbonyl (C=O) groups excluding carboxylic acids is 2. The van der Waals surface area contributed by atoms with E-state index in [4.69, 9.17) is 9.47 Å². The Kier molecular flexibility index (Phi) is 7.20. The zero-order valence-electron chi connectivity index (χ0n) is 15.8. The first-order valence-corrected chi connectivity index (χ1v) is 10.4. The van der Waals surface area contributed by atoms with E-state index in [0.717, 1.165) is 12.0 Å². The molecule has 0 aliphatic carbocycles. The first kappa shape index (κ1) is 21.2. The van der Waals surface area contributed by atoms with Crippen molar-refractivity contribution in [2.24, 2.45) is 0 Å². The van der Waals surface area contributed by atoms with Crippen LogP contribution in [0.4, 0.5) is 4.79 Å². The molecule has 1 N–H and O–H groups in total. The van der Waals surface area contributed by atoms with E-state index >= 15 is 0 Å². The zero-order chi connectivity index (χ0) is 20.0. The highest BCUT2D eigenvalue weighted by atomic mass is 32.2. The van der Waals surface area contributed by atoms with Gasteiger partial charge in [-0.1, -0.05) is 31.0 Å². The molecule has 27 heavy (non-hydrogen) atoms. The van der Waals surface area contributed by atoms with E-state index in [0.29, 0.717) is 6.42 Å². The van der Waals surface area contributed by atoms with Crippen molar-refractivity contribution in [3.05, 3.63) is 29.8 Å². The second kappa shape index (κ2) is 9.18. The minimum Gasteiger partial charge on any atom is -0.467 e. The third-order valence-electron chi connectivity index (χ3n) is 4.39. The molecule has 1 amide bonds. The average Bonchev–Trinajstić information content (AvgIpc) is 3.04. The quantitative estimate of drug-likeness (QED) is 0.555. The van der Waals surface area contributed by atoms with Crippen LogP contribution in [0.2, 0.25) is 0 Å². The van der Waals surface area contributed by atoms with Gasteiger partial charge in [-0.3, -0.25) is 4.90 Å². The number of ether oxygens (including phenoxy) is 2. The van der Waals surface area contributed by atoms with E-state index in [1.807, 2.05) is 13.8 Å². The molecule has 1 aliphatic heterocycles. The van der Waals surface area contributed by atoms with E-state index in [2.05, 4.69) is 4.72 Å². The van der Waals surface area contributed by atoms with E-state index in [1.165, 1.54) is 24.1 Å². The number of benzene rings is 1. The summed E-state index contributed by atoms with van der Waals surface area (Å²) in [6, 6.07) is 4.95. The Balaban J connectivity index is 2.10. The van der Waals surface area contributed by atoms with Gasteiger partial charge >= 0.3 is 12.1 Å². The molecule has 0 radical (unpaired) electrons. The van der Waals surface area contributed by atoms with Crippen molar-refractivity contribution in [1.82, 2.24) is 9.62 Å². The van der Waals surface area contributed by atoms with Gasteiger partial charge in [0, 0.05) is 12.6 Å². The number of likely N-dealkylation sites (tertiary alicyclic amines) is 1. The monoisotopic (exact) mass is 398 g/mol. The Labute approximate surface area is 159 Å². The molecule has 0 aromatic heterocycles. The van der Waals surface area contributed by atoms with Gasteiger partial charge in [0.1, 0.15) is 6.04 Å². The van der Waals surface area contributed by atoms with Crippen LogP contribution in [0.5, 0.6) is 0 Å². The normalized spacial score (nSPS) is 19.7. The number of methoxy groups -OCH3 is 1. The summed E-state index contributed by atoms with van der Waals surface area (Å²) < 4.78 is 37.6. The predicted molar refractivity (Wildman–Crippen MR) is 98.7 cm³/mol. The SMILES string of the molecule is CCCCOC(=O)N1C[C@H](NS(=O)(=O)c2ccc(C)cc2)C[C@H]1C(=O)OC. The van der Waals surface area contributed by atoms with Gasteiger partial charge in [-0.05, 0) is 31.9 Å². The molecule has 2 rings (SSSR count). The zero-order valence-corrected chi connectivity index (χ0v) is 16.6. The Morgan fingerprint density at radius 1 is 1.26 bits per heavy atom. The Hall–Kier alpha value is -2.13. The summed E-state index contributed by atoms with van der Waals surface area (Å²) in [5.41, 5.74) is 0.946. The number of rotatable bonds is 7. The molecule has 1 aromatic carbocycles. The van der Waals surface area contributed by atoms with Crippen molar-refractivity contribution in [2.45, 2.75) is 50.1 Å². The van der Waals surface area contributed by atoms with Crippen LogP contribution >= 0.6 is 0 Å². The molecule has 1 fully saturated rings. The van der Waals surface area contributed by atoms with E-state index in [-0.39, 0.29) is 24.5 Å². The number of amides is 1. The number of hydrogen-bond donors (Lipinski definition) is 1. The summed E-state index contributed by atoms with van der Waals surface area (Å²) >= 11 is 0. The van der Waals surface area contributed by atoms with Crippen molar-refractivity contribution < 1.29 is 27.5 Å².